The third-order valence-corrected chi connectivity index (χ3v) is 5.88. The average molecular weight is 545 g/mol. The quantitative estimate of drug-likeness (QED) is 0.282. The fraction of sp³-hybridized carbons (Fsp3) is 0.231. The van der Waals surface area contributed by atoms with Gasteiger partial charge in [-0.25, -0.2) is 27.3 Å². The minimum Gasteiger partial charge on any atom is -0.493 e. The number of anilines is 4. The molecule has 0 bridgehead atoms. The van der Waals surface area contributed by atoms with Crippen molar-refractivity contribution in [1.82, 2.24) is 9.97 Å². The third-order valence-electron chi connectivity index (χ3n) is 5.88. The summed E-state index contributed by atoms with van der Waals surface area (Å²) in [6.07, 6.45) is -0.500. The number of hydrogen-bond acceptors (Lipinski definition) is 7. The molecule has 9 nitrogen and oxygen atoms in total. The van der Waals surface area contributed by atoms with E-state index in [-0.39, 0.29) is 29.5 Å². The van der Waals surface area contributed by atoms with E-state index in [1.54, 1.807) is 24.3 Å². The zero-order chi connectivity index (χ0) is 28.3. The number of para-hydroxylation sites is 1. The highest BCUT2D eigenvalue weighted by Gasteiger charge is 2.38. The number of amides is 2. The highest BCUT2D eigenvalue weighted by molar-refractivity contribution is 6.06. The van der Waals surface area contributed by atoms with E-state index in [1.807, 2.05) is 0 Å². The Morgan fingerprint density at radius 2 is 1.85 bits per heavy atom. The van der Waals surface area contributed by atoms with Gasteiger partial charge in [-0.3, -0.25) is 14.6 Å². The monoisotopic (exact) mass is 545 g/mol. The fourth-order valence-corrected chi connectivity index (χ4v) is 4.04. The van der Waals surface area contributed by atoms with E-state index < -0.39 is 54.4 Å². The molecule has 204 valence electrons. The Bertz CT molecular complexity index is 1410. The maximum absolute atomic E-state index is 15.2. The van der Waals surface area contributed by atoms with Gasteiger partial charge in [-0.05, 0) is 17.7 Å². The van der Waals surface area contributed by atoms with Crippen molar-refractivity contribution in [3.8, 4) is 11.5 Å². The van der Waals surface area contributed by atoms with Gasteiger partial charge < -0.3 is 14.8 Å². The molecule has 0 saturated carbocycles. The van der Waals surface area contributed by atoms with Crippen LogP contribution in [0.3, 0.4) is 0 Å². The van der Waals surface area contributed by atoms with Gasteiger partial charge in [-0.15, -0.1) is 0 Å². The zero-order valence-corrected chi connectivity index (χ0v) is 20.9. The molecule has 0 unspecified atom stereocenters. The molecule has 2 aromatic carbocycles. The highest BCUT2D eigenvalue weighted by Crippen LogP contribution is 2.40. The lowest BCUT2D eigenvalue weighted by molar-refractivity contribution is -0.114. The SMILES string of the molecule is C=CC(=O)Cc1ccccc1Nc1ncc2c(n1)N(CC(F)F)C(=O)N(c1c(F)c(OC)cc(OC)c1F)C2. The van der Waals surface area contributed by atoms with Gasteiger partial charge in [0, 0.05) is 29.9 Å². The number of nitrogens with zero attached hydrogens (tertiary/aromatic N) is 4. The smallest absolute Gasteiger partial charge is 0.330 e. The van der Waals surface area contributed by atoms with Crippen LogP contribution in [0.15, 0.2) is 49.2 Å². The molecule has 39 heavy (non-hydrogen) atoms. The number of allylic oxidation sites excluding steroid dienone is 1. The van der Waals surface area contributed by atoms with Gasteiger partial charge in [-0.2, -0.15) is 4.98 Å². The molecule has 0 aliphatic carbocycles. The normalized spacial score (nSPS) is 12.8. The average Bonchev–Trinajstić information content (AvgIpc) is 2.92. The van der Waals surface area contributed by atoms with Crippen molar-refractivity contribution in [3.63, 3.8) is 0 Å². The predicted molar refractivity (Wildman–Crippen MR) is 135 cm³/mol. The van der Waals surface area contributed by atoms with Crippen LogP contribution in [0, 0.1) is 11.6 Å². The molecule has 13 heteroatoms. The lowest BCUT2D eigenvalue weighted by Gasteiger charge is -2.36. The van der Waals surface area contributed by atoms with Crippen LogP contribution < -0.4 is 24.6 Å². The third kappa shape index (κ3) is 5.47. The summed E-state index contributed by atoms with van der Waals surface area (Å²) in [5, 5.41) is 2.93. The van der Waals surface area contributed by atoms with Gasteiger partial charge in [0.15, 0.2) is 28.9 Å². The molecule has 0 saturated heterocycles. The first-order chi connectivity index (χ1) is 18.7. The first-order valence-corrected chi connectivity index (χ1v) is 11.5. The zero-order valence-electron chi connectivity index (χ0n) is 20.9. The van der Waals surface area contributed by atoms with Crippen molar-refractivity contribution < 1.29 is 36.6 Å². The van der Waals surface area contributed by atoms with E-state index in [2.05, 4.69) is 21.9 Å². The van der Waals surface area contributed by atoms with E-state index in [4.69, 9.17) is 9.47 Å². The molecule has 1 aliphatic heterocycles. The molecule has 3 aromatic rings. The number of urea groups is 1. The molecule has 0 spiro atoms. The number of halogens is 4. The lowest BCUT2D eigenvalue weighted by Crippen LogP contribution is -2.50. The first kappa shape index (κ1) is 27.4. The Labute approximate surface area is 220 Å². The van der Waals surface area contributed by atoms with Crippen molar-refractivity contribution >= 4 is 35.0 Å². The van der Waals surface area contributed by atoms with Crippen molar-refractivity contribution in [2.24, 2.45) is 0 Å². The summed E-state index contributed by atoms with van der Waals surface area (Å²) < 4.78 is 67.4. The maximum atomic E-state index is 15.2. The van der Waals surface area contributed by atoms with Gasteiger partial charge in [0.05, 0.1) is 27.3 Å². The van der Waals surface area contributed by atoms with Crippen LogP contribution >= 0.6 is 0 Å². The van der Waals surface area contributed by atoms with Gasteiger partial charge >= 0.3 is 6.03 Å². The number of benzene rings is 2. The Morgan fingerprint density at radius 3 is 2.46 bits per heavy atom. The van der Waals surface area contributed by atoms with E-state index in [1.165, 1.54) is 12.3 Å². The Kier molecular flexibility index (Phi) is 7.98. The summed E-state index contributed by atoms with van der Waals surface area (Å²) in [6, 6.07) is 6.64. The van der Waals surface area contributed by atoms with E-state index >= 15 is 8.78 Å². The molecule has 2 heterocycles. The van der Waals surface area contributed by atoms with Crippen LogP contribution in [0.2, 0.25) is 0 Å². The number of nitrogens with one attached hydrogen (secondary N) is 1. The molecule has 0 radical (unpaired) electrons. The van der Waals surface area contributed by atoms with Crippen molar-refractivity contribution in [2.45, 2.75) is 19.4 Å². The summed E-state index contributed by atoms with van der Waals surface area (Å²) in [6.45, 7) is 1.93. The number of rotatable bonds is 10. The second-order valence-electron chi connectivity index (χ2n) is 8.30. The van der Waals surface area contributed by atoms with Crippen molar-refractivity contribution in [3.05, 3.63) is 71.9 Å². The largest absolute Gasteiger partial charge is 0.493 e. The number of hydrogen-bond donors (Lipinski definition) is 1. The van der Waals surface area contributed by atoms with Crippen molar-refractivity contribution in [1.29, 1.82) is 0 Å². The van der Waals surface area contributed by atoms with Crippen LogP contribution in [0.5, 0.6) is 11.5 Å². The van der Waals surface area contributed by atoms with Gasteiger partial charge in [0.25, 0.3) is 6.43 Å². The standard InChI is InChI=1S/C26H23F4N5O4/c1-4-16(36)9-14-7-5-6-8-17(14)32-25-31-11-15-12-34(26(37)35(13-20(27)28)24(15)33-25)23-21(29)18(38-2)10-19(39-3)22(23)30/h4-8,10-11,20H,1,9,12-13H2,2-3H3,(H,31,32,33). The molecular formula is C26H23F4N5O4. The second kappa shape index (κ2) is 11.4. The minimum absolute atomic E-state index is 0.0453. The molecule has 0 fully saturated rings. The number of fused-ring (bicyclic) bond motifs is 1. The van der Waals surface area contributed by atoms with Gasteiger partial charge in [0.2, 0.25) is 5.95 Å². The van der Waals surface area contributed by atoms with E-state index in [9.17, 15) is 18.4 Å². The number of carbonyl (C=O) groups is 2. The van der Waals surface area contributed by atoms with Crippen LogP contribution in [0.4, 0.5) is 45.5 Å². The number of ether oxygens (including phenoxy) is 2. The van der Waals surface area contributed by atoms with E-state index in [0.29, 0.717) is 21.1 Å². The molecule has 2 amide bonds. The molecule has 1 aliphatic rings. The van der Waals surface area contributed by atoms with Crippen LogP contribution in [-0.2, 0) is 17.8 Å². The van der Waals surface area contributed by atoms with Crippen LogP contribution in [0.1, 0.15) is 11.1 Å². The summed E-state index contributed by atoms with van der Waals surface area (Å²) in [7, 11) is 2.29. The lowest BCUT2D eigenvalue weighted by atomic mass is 10.1. The minimum atomic E-state index is -2.99. The van der Waals surface area contributed by atoms with Crippen LogP contribution in [-0.4, -0.2) is 49.0 Å². The summed E-state index contributed by atoms with van der Waals surface area (Å²) in [5.74, 6) is -3.68. The topological polar surface area (TPSA) is 96.9 Å². The number of ketones is 1. The Hall–Kier alpha value is -4.68. The van der Waals surface area contributed by atoms with E-state index in [0.717, 1.165) is 20.3 Å². The summed E-state index contributed by atoms with van der Waals surface area (Å²) in [5.41, 5.74) is 0.401. The molecule has 1 aromatic heterocycles. The molecule has 0 atom stereocenters. The van der Waals surface area contributed by atoms with Gasteiger partial charge in [0.1, 0.15) is 11.5 Å². The Balaban J connectivity index is 1.76. The summed E-state index contributed by atoms with van der Waals surface area (Å²) >= 11 is 0. The fourth-order valence-electron chi connectivity index (χ4n) is 4.04. The molecular weight excluding hydrogens is 522 g/mol. The highest BCUT2D eigenvalue weighted by atomic mass is 19.3. The van der Waals surface area contributed by atoms with Gasteiger partial charge in [-0.1, -0.05) is 24.8 Å². The number of methoxy groups -OCH3 is 2. The predicted octanol–water partition coefficient (Wildman–Crippen LogP) is 5.02. The number of carbonyl (C=O) groups excluding carboxylic acids is 2. The van der Waals surface area contributed by atoms with Crippen LogP contribution in [0.25, 0.3) is 0 Å². The maximum Gasteiger partial charge on any atom is 0.330 e. The number of alkyl halides is 2. The Morgan fingerprint density at radius 1 is 1.18 bits per heavy atom. The van der Waals surface area contributed by atoms with Crippen molar-refractivity contribution in [2.75, 3.05) is 35.9 Å². The summed E-state index contributed by atoms with van der Waals surface area (Å²) in [4.78, 5) is 35.0. The number of aromatic nitrogens is 2. The first-order valence-electron chi connectivity index (χ1n) is 11.5. The molecule has 1 N–H and O–H groups in total. The second-order valence-corrected chi connectivity index (χ2v) is 8.30. The molecule has 4 rings (SSSR count).